The molecular formula is C23H24O4. The van der Waals surface area contributed by atoms with E-state index in [9.17, 15) is 9.59 Å². The van der Waals surface area contributed by atoms with E-state index < -0.39 is 5.97 Å². The highest BCUT2D eigenvalue weighted by Gasteiger charge is 2.21. The van der Waals surface area contributed by atoms with Crippen LogP contribution in [0.25, 0.3) is 22.3 Å². The summed E-state index contributed by atoms with van der Waals surface area (Å²) in [7, 11) is 0. The summed E-state index contributed by atoms with van der Waals surface area (Å²) in [5.74, 6) is -0.355. The van der Waals surface area contributed by atoms with E-state index >= 15 is 0 Å². The summed E-state index contributed by atoms with van der Waals surface area (Å²) in [4.78, 5) is 24.6. The highest BCUT2D eigenvalue weighted by atomic mass is 16.5. The number of ether oxygens (including phenoxy) is 1. The molecule has 0 amide bonds. The molecule has 0 saturated heterocycles. The number of carbonyl (C=O) groups excluding carboxylic acids is 1. The first-order valence-electron chi connectivity index (χ1n) is 8.95. The highest BCUT2D eigenvalue weighted by Crippen LogP contribution is 2.33. The van der Waals surface area contributed by atoms with Crippen molar-refractivity contribution >= 4 is 16.9 Å². The van der Waals surface area contributed by atoms with E-state index in [-0.39, 0.29) is 22.4 Å². The van der Waals surface area contributed by atoms with E-state index in [1.54, 1.807) is 6.07 Å². The predicted molar refractivity (Wildman–Crippen MR) is 107 cm³/mol. The number of fused-ring (bicyclic) bond motifs is 1. The van der Waals surface area contributed by atoms with Crippen molar-refractivity contribution in [2.24, 2.45) is 0 Å². The van der Waals surface area contributed by atoms with Crippen LogP contribution in [0, 0.1) is 13.8 Å². The summed E-state index contributed by atoms with van der Waals surface area (Å²) in [5, 5.41) is 0.407. The number of aryl methyl sites for hydroxylation is 2. The Kier molecular flexibility index (Phi) is 4.68. The molecule has 0 fully saturated rings. The maximum Gasteiger partial charge on any atom is 0.308 e. The summed E-state index contributed by atoms with van der Waals surface area (Å²) < 4.78 is 11.3. The number of benzene rings is 2. The van der Waals surface area contributed by atoms with Crippen LogP contribution in [0.4, 0.5) is 0 Å². The minimum absolute atomic E-state index is 0.0100. The molecule has 0 saturated carbocycles. The minimum Gasteiger partial charge on any atom is -0.452 e. The second kappa shape index (κ2) is 6.69. The van der Waals surface area contributed by atoms with Crippen molar-refractivity contribution in [1.82, 2.24) is 0 Å². The fourth-order valence-electron chi connectivity index (χ4n) is 2.98. The number of esters is 1. The lowest BCUT2D eigenvalue weighted by atomic mass is 9.86. The molecule has 2 aromatic carbocycles. The monoisotopic (exact) mass is 364 g/mol. The van der Waals surface area contributed by atoms with Gasteiger partial charge in [-0.1, -0.05) is 45.0 Å². The van der Waals surface area contributed by atoms with Gasteiger partial charge in [-0.3, -0.25) is 9.59 Å². The first kappa shape index (κ1) is 18.9. The Morgan fingerprint density at radius 1 is 1.00 bits per heavy atom. The summed E-state index contributed by atoms with van der Waals surface area (Å²) in [6, 6.07) is 11.4. The van der Waals surface area contributed by atoms with Crippen molar-refractivity contribution in [2.75, 3.05) is 0 Å². The predicted octanol–water partition coefficient (Wildman–Crippen LogP) is 5.30. The zero-order chi connectivity index (χ0) is 19.9. The van der Waals surface area contributed by atoms with E-state index in [1.807, 2.05) is 44.2 Å². The molecule has 0 bridgehead atoms. The van der Waals surface area contributed by atoms with Crippen LogP contribution in [0.3, 0.4) is 0 Å². The second-order valence-corrected chi connectivity index (χ2v) is 7.94. The Balaban J connectivity index is 2.28. The first-order chi connectivity index (χ1) is 12.6. The summed E-state index contributed by atoms with van der Waals surface area (Å²) >= 11 is 0. The molecule has 1 aromatic heterocycles. The minimum atomic E-state index is -0.557. The molecular weight excluding hydrogens is 340 g/mol. The molecule has 140 valence electrons. The third-order valence-electron chi connectivity index (χ3n) is 4.72. The molecule has 0 atom stereocenters. The van der Waals surface area contributed by atoms with Gasteiger partial charge in [0.15, 0.2) is 5.76 Å². The van der Waals surface area contributed by atoms with Gasteiger partial charge in [-0.25, -0.2) is 0 Å². The Morgan fingerprint density at radius 2 is 1.59 bits per heavy atom. The van der Waals surface area contributed by atoms with Crippen LogP contribution in [0.15, 0.2) is 45.6 Å². The largest absolute Gasteiger partial charge is 0.452 e. The highest BCUT2D eigenvalue weighted by molar-refractivity contribution is 5.85. The molecule has 0 N–H and O–H groups in total. The first-order valence-corrected chi connectivity index (χ1v) is 8.95. The molecule has 0 spiro atoms. The normalized spacial score (nSPS) is 11.6. The molecule has 0 radical (unpaired) electrons. The number of hydrogen-bond acceptors (Lipinski definition) is 4. The van der Waals surface area contributed by atoms with E-state index in [0.29, 0.717) is 16.5 Å². The Morgan fingerprint density at radius 3 is 2.15 bits per heavy atom. The third kappa shape index (κ3) is 3.65. The van der Waals surface area contributed by atoms with Gasteiger partial charge in [0.1, 0.15) is 5.58 Å². The van der Waals surface area contributed by atoms with Gasteiger partial charge in [-0.05, 0) is 48.1 Å². The lowest BCUT2D eigenvalue weighted by molar-refractivity contribution is -0.131. The van der Waals surface area contributed by atoms with E-state index in [1.165, 1.54) is 6.92 Å². The van der Waals surface area contributed by atoms with Crippen LogP contribution in [-0.4, -0.2) is 5.97 Å². The molecule has 0 aliphatic carbocycles. The maximum atomic E-state index is 13.0. The SMILES string of the molecule is CC(=O)Oc1c(-c2ccc(C(C)(C)C)cc2)oc2cc(C)c(C)cc2c1=O. The molecule has 3 rings (SSSR count). The average molecular weight is 364 g/mol. The van der Waals surface area contributed by atoms with E-state index in [0.717, 1.165) is 16.7 Å². The van der Waals surface area contributed by atoms with Gasteiger partial charge in [0.05, 0.1) is 5.39 Å². The van der Waals surface area contributed by atoms with Gasteiger partial charge in [0.2, 0.25) is 11.2 Å². The van der Waals surface area contributed by atoms with Gasteiger partial charge in [0.25, 0.3) is 0 Å². The summed E-state index contributed by atoms with van der Waals surface area (Å²) in [6.45, 7) is 11.6. The molecule has 0 unspecified atom stereocenters. The fourth-order valence-corrected chi connectivity index (χ4v) is 2.98. The fraction of sp³-hybridized carbons (Fsp3) is 0.304. The molecule has 3 aromatic rings. The number of hydrogen-bond donors (Lipinski definition) is 0. The Bertz CT molecular complexity index is 1080. The van der Waals surface area contributed by atoms with E-state index in [4.69, 9.17) is 9.15 Å². The molecule has 4 nitrogen and oxygen atoms in total. The summed E-state index contributed by atoms with van der Waals surface area (Å²) in [6.07, 6.45) is 0. The molecule has 0 aliphatic rings. The van der Waals surface area contributed by atoms with E-state index in [2.05, 4.69) is 20.8 Å². The van der Waals surface area contributed by atoms with Crippen LogP contribution in [-0.2, 0) is 10.2 Å². The van der Waals surface area contributed by atoms with Crippen molar-refractivity contribution in [3.63, 3.8) is 0 Å². The quantitative estimate of drug-likeness (QED) is 0.579. The molecule has 0 aliphatic heterocycles. The zero-order valence-corrected chi connectivity index (χ0v) is 16.6. The Labute approximate surface area is 158 Å². The topological polar surface area (TPSA) is 56.5 Å². The van der Waals surface area contributed by atoms with Crippen LogP contribution in [0.1, 0.15) is 44.4 Å². The van der Waals surface area contributed by atoms with Crippen LogP contribution < -0.4 is 10.2 Å². The van der Waals surface area contributed by atoms with Gasteiger partial charge in [-0.2, -0.15) is 0 Å². The standard InChI is InChI=1S/C23H24O4/c1-13-11-18-19(12-14(13)2)27-21(22(20(18)25)26-15(3)24)16-7-9-17(10-8-16)23(4,5)6/h7-12H,1-6H3. The van der Waals surface area contributed by atoms with Crippen LogP contribution in [0.2, 0.25) is 0 Å². The van der Waals surface area contributed by atoms with Crippen LogP contribution >= 0.6 is 0 Å². The third-order valence-corrected chi connectivity index (χ3v) is 4.72. The van der Waals surface area contributed by atoms with Crippen molar-refractivity contribution in [3.8, 4) is 17.1 Å². The summed E-state index contributed by atoms with van der Waals surface area (Å²) in [5.41, 5.74) is 4.01. The van der Waals surface area contributed by atoms with Crippen LogP contribution in [0.5, 0.6) is 5.75 Å². The number of carbonyl (C=O) groups is 1. The van der Waals surface area contributed by atoms with Crippen molar-refractivity contribution < 1.29 is 13.9 Å². The van der Waals surface area contributed by atoms with Gasteiger partial charge in [0, 0.05) is 12.5 Å². The lowest BCUT2D eigenvalue weighted by Gasteiger charge is -2.19. The van der Waals surface area contributed by atoms with Crippen molar-refractivity contribution in [1.29, 1.82) is 0 Å². The van der Waals surface area contributed by atoms with Gasteiger partial charge in [-0.15, -0.1) is 0 Å². The Hall–Kier alpha value is -2.88. The molecule has 4 heteroatoms. The van der Waals surface area contributed by atoms with Crippen molar-refractivity contribution in [3.05, 3.63) is 63.3 Å². The zero-order valence-electron chi connectivity index (χ0n) is 16.6. The average Bonchev–Trinajstić information content (AvgIpc) is 2.58. The molecule has 27 heavy (non-hydrogen) atoms. The smallest absolute Gasteiger partial charge is 0.308 e. The second-order valence-electron chi connectivity index (χ2n) is 7.94. The lowest BCUT2D eigenvalue weighted by Crippen LogP contribution is -2.14. The number of rotatable bonds is 2. The van der Waals surface area contributed by atoms with Crippen molar-refractivity contribution in [2.45, 2.75) is 47.0 Å². The van der Waals surface area contributed by atoms with Gasteiger partial charge >= 0.3 is 5.97 Å². The maximum absolute atomic E-state index is 13.0. The van der Waals surface area contributed by atoms with Gasteiger partial charge < -0.3 is 9.15 Å². The molecule has 1 heterocycles.